The number of amides is 2. The quantitative estimate of drug-likeness (QED) is 0.487. The Bertz CT molecular complexity index is 693. The van der Waals surface area contributed by atoms with Crippen LogP contribution in [0.2, 0.25) is 0 Å². The average molecular weight is 364 g/mol. The molecule has 2 aromatic rings. The van der Waals surface area contributed by atoms with Crippen LogP contribution in [0.1, 0.15) is 17.5 Å². The van der Waals surface area contributed by atoms with Crippen LogP contribution in [0.3, 0.4) is 0 Å². The van der Waals surface area contributed by atoms with Gasteiger partial charge in [-0.25, -0.2) is 0 Å². The average Bonchev–Trinajstić information content (AvgIpc) is 2.68. The Balaban J connectivity index is 1.51. The normalized spacial score (nSPS) is 10.7. The van der Waals surface area contributed by atoms with E-state index in [1.54, 1.807) is 12.4 Å². The fourth-order valence-corrected chi connectivity index (χ4v) is 2.23. The van der Waals surface area contributed by atoms with Gasteiger partial charge in [0.15, 0.2) is 0 Å². The Labute approximate surface area is 159 Å². The Morgan fingerprint density at radius 3 is 1.48 bits per heavy atom. The molecule has 6 nitrogen and oxygen atoms in total. The number of hydrazine groups is 2. The molecular weight excluding hydrogens is 340 g/mol. The summed E-state index contributed by atoms with van der Waals surface area (Å²) in [6.07, 6.45) is 8.29. The van der Waals surface area contributed by atoms with E-state index in [2.05, 4.69) is 21.7 Å². The summed E-state index contributed by atoms with van der Waals surface area (Å²) in [5.74, 6) is -0.214. The first-order chi connectivity index (χ1) is 13.2. The van der Waals surface area contributed by atoms with Crippen LogP contribution >= 0.6 is 0 Å². The number of carbonyl (C=O) groups excluding carboxylic acids is 2. The van der Waals surface area contributed by atoms with Crippen molar-refractivity contribution in [3.05, 3.63) is 96.3 Å². The lowest BCUT2D eigenvalue weighted by Crippen LogP contribution is -2.34. The minimum Gasteiger partial charge on any atom is -0.306 e. The topological polar surface area (TPSA) is 82.3 Å². The summed E-state index contributed by atoms with van der Waals surface area (Å²) in [5, 5.41) is 0. The first-order valence-corrected chi connectivity index (χ1v) is 8.70. The van der Waals surface area contributed by atoms with E-state index in [0.717, 1.165) is 11.1 Å². The molecule has 0 unspecified atom stereocenters. The number of allylic oxidation sites excluding steroid dienone is 2. The minimum absolute atomic E-state index is 0.107. The molecule has 0 aliphatic rings. The van der Waals surface area contributed by atoms with Crippen molar-refractivity contribution in [2.45, 2.75) is 19.3 Å². The molecule has 0 atom stereocenters. The molecule has 0 saturated carbocycles. The van der Waals surface area contributed by atoms with E-state index in [1.165, 1.54) is 0 Å². The molecule has 0 fully saturated rings. The zero-order chi connectivity index (χ0) is 19.2. The second kappa shape index (κ2) is 11.9. The highest BCUT2D eigenvalue weighted by molar-refractivity contribution is 5.78. The number of benzene rings is 2. The summed E-state index contributed by atoms with van der Waals surface area (Å²) >= 11 is 0. The zero-order valence-corrected chi connectivity index (χ0v) is 15.0. The Morgan fingerprint density at radius 1 is 0.667 bits per heavy atom. The largest absolute Gasteiger partial charge is 0.306 e. The van der Waals surface area contributed by atoms with Gasteiger partial charge >= 0.3 is 0 Å². The highest BCUT2D eigenvalue weighted by atomic mass is 16.2. The maximum absolute atomic E-state index is 11.7. The predicted molar refractivity (Wildman–Crippen MR) is 106 cm³/mol. The van der Waals surface area contributed by atoms with E-state index in [0.29, 0.717) is 19.3 Å². The molecule has 2 rings (SSSR count). The van der Waals surface area contributed by atoms with Gasteiger partial charge < -0.3 is 10.9 Å². The third kappa shape index (κ3) is 8.92. The number of nitrogens with one attached hydrogen (secondary N) is 4. The van der Waals surface area contributed by atoms with Gasteiger partial charge in [0.2, 0.25) is 11.8 Å². The van der Waals surface area contributed by atoms with Crippen molar-refractivity contribution in [2.24, 2.45) is 0 Å². The molecule has 6 heteroatoms. The van der Waals surface area contributed by atoms with Crippen molar-refractivity contribution < 1.29 is 9.59 Å². The van der Waals surface area contributed by atoms with Crippen LogP contribution < -0.4 is 21.7 Å². The molecule has 2 aromatic carbocycles. The third-order valence-corrected chi connectivity index (χ3v) is 3.51. The van der Waals surface area contributed by atoms with Crippen LogP contribution in [-0.2, 0) is 22.4 Å². The molecule has 27 heavy (non-hydrogen) atoms. The monoisotopic (exact) mass is 364 g/mol. The molecule has 0 aliphatic heterocycles. The molecule has 0 aliphatic carbocycles. The van der Waals surface area contributed by atoms with Crippen LogP contribution in [0.5, 0.6) is 0 Å². The molecule has 0 radical (unpaired) electrons. The molecular formula is C21H24N4O2. The SMILES string of the molecule is O=C(Cc1ccccc1)NNC=CCC=CNNC(=O)Cc1ccccc1. The summed E-state index contributed by atoms with van der Waals surface area (Å²) in [5.41, 5.74) is 12.6. The fourth-order valence-electron chi connectivity index (χ4n) is 2.23. The second-order valence-corrected chi connectivity index (χ2v) is 5.75. The van der Waals surface area contributed by atoms with Crippen LogP contribution in [0.15, 0.2) is 85.2 Å². The number of hydrogen-bond acceptors (Lipinski definition) is 4. The van der Waals surface area contributed by atoms with E-state index in [4.69, 9.17) is 0 Å². The molecule has 4 N–H and O–H groups in total. The zero-order valence-electron chi connectivity index (χ0n) is 15.0. The van der Waals surface area contributed by atoms with Gasteiger partial charge in [0, 0.05) is 12.4 Å². The van der Waals surface area contributed by atoms with Gasteiger partial charge in [0.25, 0.3) is 0 Å². The lowest BCUT2D eigenvalue weighted by atomic mass is 10.1. The number of hydrogen-bond donors (Lipinski definition) is 4. The first-order valence-electron chi connectivity index (χ1n) is 8.70. The lowest BCUT2D eigenvalue weighted by molar-refractivity contribution is -0.121. The maximum Gasteiger partial charge on any atom is 0.242 e. The Kier molecular flexibility index (Phi) is 8.73. The summed E-state index contributed by atoms with van der Waals surface area (Å²) in [7, 11) is 0. The van der Waals surface area contributed by atoms with Gasteiger partial charge in [-0.3, -0.25) is 20.4 Å². The molecule has 0 spiro atoms. The predicted octanol–water partition coefficient (Wildman–Crippen LogP) is 2.13. The molecule has 2 amide bonds. The molecule has 0 saturated heterocycles. The van der Waals surface area contributed by atoms with Crippen LogP contribution in [0.4, 0.5) is 0 Å². The minimum atomic E-state index is -0.107. The van der Waals surface area contributed by atoms with Gasteiger partial charge in [0.1, 0.15) is 0 Å². The van der Waals surface area contributed by atoms with Crippen LogP contribution in [-0.4, -0.2) is 11.8 Å². The second-order valence-electron chi connectivity index (χ2n) is 5.75. The smallest absolute Gasteiger partial charge is 0.242 e. The standard InChI is InChI=1S/C21H24N4O2/c26-20(16-18-10-4-1-5-11-18)24-22-14-8-3-9-15-23-25-21(27)17-19-12-6-2-7-13-19/h1-2,4-15,22-23H,3,16-17H2,(H,24,26)(H,25,27). The highest BCUT2D eigenvalue weighted by Crippen LogP contribution is 1.99. The Hall–Kier alpha value is -3.54. The molecule has 0 bridgehead atoms. The van der Waals surface area contributed by atoms with Crippen molar-refractivity contribution in [3.8, 4) is 0 Å². The third-order valence-electron chi connectivity index (χ3n) is 3.51. The van der Waals surface area contributed by atoms with Gasteiger partial charge in [0.05, 0.1) is 12.8 Å². The van der Waals surface area contributed by atoms with E-state index in [-0.39, 0.29) is 11.8 Å². The van der Waals surface area contributed by atoms with Crippen molar-refractivity contribution in [2.75, 3.05) is 0 Å². The molecule has 0 aromatic heterocycles. The van der Waals surface area contributed by atoms with E-state index >= 15 is 0 Å². The van der Waals surface area contributed by atoms with Crippen molar-refractivity contribution in [1.82, 2.24) is 21.7 Å². The number of carbonyl (C=O) groups is 2. The van der Waals surface area contributed by atoms with E-state index < -0.39 is 0 Å². The van der Waals surface area contributed by atoms with Crippen molar-refractivity contribution >= 4 is 11.8 Å². The Morgan fingerprint density at radius 2 is 1.07 bits per heavy atom. The molecule has 0 heterocycles. The number of rotatable bonds is 10. The summed E-state index contributed by atoms with van der Waals surface area (Å²) in [6, 6.07) is 19.1. The van der Waals surface area contributed by atoms with Crippen molar-refractivity contribution in [1.29, 1.82) is 0 Å². The van der Waals surface area contributed by atoms with E-state index in [9.17, 15) is 9.59 Å². The van der Waals surface area contributed by atoms with Crippen molar-refractivity contribution in [3.63, 3.8) is 0 Å². The van der Waals surface area contributed by atoms with Crippen LogP contribution in [0, 0.1) is 0 Å². The molecule has 140 valence electrons. The van der Waals surface area contributed by atoms with Gasteiger partial charge in [-0.2, -0.15) is 0 Å². The first kappa shape index (κ1) is 19.8. The van der Waals surface area contributed by atoms with Gasteiger partial charge in [-0.05, 0) is 17.5 Å². The summed E-state index contributed by atoms with van der Waals surface area (Å²) < 4.78 is 0. The van der Waals surface area contributed by atoms with Gasteiger partial charge in [-0.15, -0.1) is 0 Å². The summed E-state index contributed by atoms with van der Waals surface area (Å²) in [6.45, 7) is 0. The fraction of sp³-hybridized carbons (Fsp3) is 0.143. The summed E-state index contributed by atoms with van der Waals surface area (Å²) in [4.78, 5) is 23.4. The lowest BCUT2D eigenvalue weighted by Gasteiger charge is -2.04. The van der Waals surface area contributed by atoms with Crippen LogP contribution in [0.25, 0.3) is 0 Å². The van der Waals surface area contributed by atoms with Gasteiger partial charge in [-0.1, -0.05) is 72.8 Å². The van der Waals surface area contributed by atoms with E-state index in [1.807, 2.05) is 72.8 Å². The maximum atomic E-state index is 11.7. The highest BCUT2D eigenvalue weighted by Gasteiger charge is 2.01.